The molecule has 2 atom stereocenters. The first kappa shape index (κ1) is 19.9. The van der Waals surface area contributed by atoms with Crippen LogP contribution in [0.3, 0.4) is 0 Å². The second-order valence-electron chi connectivity index (χ2n) is 7.49. The van der Waals surface area contributed by atoms with Crippen molar-refractivity contribution in [2.24, 2.45) is 5.92 Å². The van der Waals surface area contributed by atoms with Gasteiger partial charge < -0.3 is 9.47 Å². The van der Waals surface area contributed by atoms with Crippen molar-refractivity contribution in [3.63, 3.8) is 0 Å². The van der Waals surface area contributed by atoms with E-state index in [0.717, 1.165) is 29.5 Å². The molecule has 0 aliphatic heterocycles. The third-order valence-corrected chi connectivity index (χ3v) is 6.65. The Kier molecular flexibility index (Phi) is 6.58. The van der Waals surface area contributed by atoms with Gasteiger partial charge in [0.15, 0.2) is 11.0 Å². The van der Waals surface area contributed by atoms with E-state index in [1.165, 1.54) is 36.6 Å². The molecule has 3 rings (SSSR count). The minimum absolute atomic E-state index is 0.182. The number of aryl methyl sites for hydroxylation is 1. The second-order valence-corrected chi connectivity index (χ2v) is 8.43. The predicted molar refractivity (Wildman–Crippen MR) is 111 cm³/mol. The van der Waals surface area contributed by atoms with E-state index >= 15 is 0 Å². The lowest BCUT2D eigenvalue weighted by Crippen LogP contribution is -2.43. The largest absolute Gasteiger partial charge is 0.342 e. The molecule has 1 aromatic heterocycles. The summed E-state index contributed by atoms with van der Waals surface area (Å²) in [7, 11) is 1.96. The Balaban J connectivity index is 1.69. The van der Waals surface area contributed by atoms with Gasteiger partial charge in [-0.05, 0) is 38.2 Å². The molecule has 1 aromatic carbocycles. The Morgan fingerprint density at radius 1 is 1.26 bits per heavy atom. The van der Waals surface area contributed by atoms with Crippen LogP contribution in [0.5, 0.6) is 0 Å². The van der Waals surface area contributed by atoms with Crippen LogP contribution in [0.2, 0.25) is 0 Å². The molecule has 1 amide bonds. The average molecular weight is 387 g/mol. The first-order valence-electron chi connectivity index (χ1n) is 9.90. The molecule has 146 valence electrons. The van der Waals surface area contributed by atoms with Gasteiger partial charge in [0, 0.05) is 25.2 Å². The van der Waals surface area contributed by atoms with Crippen molar-refractivity contribution in [2.75, 3.05) is 12.8 Å². The number of benzene rings is 1. The summed E-state index contributed by atoms with van der Waals surface area (Å²) in [6, 6.07) is 8.58. The van der Waals surface area contributed by atoms with Gasteiger partial charge in [0.05, 0.1) is 5.75 Å². The Labute approximate surface area is 166 Å². The molecule has 1 aliphatic rings. The van der Waals surface area contributed by atoms with Crippen LogP contribution in [0.25, 0.3) is 11.4 Å². The van der Waals surface area contributed by atoms with E-state index in [4.69, 9.17) is 0 Å². The van der Waals surface area contributed by atoms with Crippen LogP contribution in [-0.4, -0.2) is 44.4 Å². The molecule has 2 unspecified atom stereocenters. The summed E-state index contributed by atoms with van der Waals surface area (Å²) in [5.41, 5.74) is 2.27. The summed E-state index contributed by atoms with van der Waals surface area (Å²) in [6.07, 6.45) is 4.86. The van der Waals surface area contributed by atoms with Crippen molar-refractivity contribution in [3.8, 4) is 11.4 Å². The smallest absolute Gasteiger partial charge is 0.233 e. The third-order valence-electron chi connectivity index (χ3n) is 5.70. The first-order valence-corrected chi connectivity index (χ1v) is 10.9. The van der Waals surface area contributed by atoms with Gasteiger partial charge in [0.2, 0.25) is 5.91 Å². The lowest BCUT2D eigenvalue weighted by atomic mass is 9.85. The van der Waals surface area contributed by atoms with Gasteiger partial charge in [-0.15, -0.1) is 10.2 Å². The Hall–Kier alpha value is -1.82. The van der Waals surface area contributed by atoms with Gasteiger partial charge in [-0.1, -0.05) is 55.8 Å². The van der Waals surface area contributed by atoms with Crippen LogP contribution in [-0.2, 0) is 11.3 Å². The van der Waals surface area contributed by atoms with Gasteiger partial charge in [-0.3, -0.25) is 4.79 Å². The van der Waals surface area contributed by atoms with E-state index in [1.54, 1.807) is 0 Å². The molecule has 5 nitrogen and oxygen atoms in total. The van der Waals surface area contributed by atoms with Gasteiger partial charge in [0.1, 0.15) is 0 Å². The Bertz CT molecular complexity index is 788. The molecule has 0 radical (unpaired) electrons. The van der Waals surface area contributed by atoms with Gasteiger partial charge in [0.25, 0.3) is 0 Å². The fourth-order valence-electron chi connectivity index (χ4n) is 3.99. The number of hydrogen-bond donors (Lipinski definition) is 0. The highest BCUT2D eigenvalue weighted by atomic mass is 32.2. The number of nitrogens with zero attached hydrogens (tertiary/aromatic N) is 4. The normalized spacial score (nSPS) is 19.9. The van der Waals surface area contributed by atoms with E-state index in [-0.39, 0.29) is 5.91 Å². The minimum Gasteiger partial charge on any atom is -0.342 e. The van der Waals surface area contributed by atoms with Crippen molar-refractivity contribution >= 4 is 17.7 Å². The van der Waals surface area contributed by atoms with Crippen LogP contribution in [0.15, 0.2) is 29.4 Å². The molecule has 0 saturated heterocycles. The average Bonchev–Trinajstić information content (AvgIpc) is 3.09. The van der Waals surface area contributed by atoms with E-state index in [0.29, 0.717) is 17.7 Å². The quantitative estimate of drug-likeness (QED) is 0.691. The van der Waals surface area contributed by atoms with Crippen LogP contribution in [0, 0.1) is 12.8 Å². The van der Waals surface area contributed by atoms with E-state index in [9.17, 15) is 4.79 Å². The molecule has 1 aliphatic carbocycles. The second kappa shape index (κ2) is 8.91. The van der Waals surface area contributed by atoms with Gasteiger partial charge in [-0.2, -0.15) is 0 Å². The molecule has 0 N–H and O–H groups in total. The molecule has 2 aromatic rings. The Morgan fingerprint density at radius 3 is 2.70 bits per heavy atom. The van der Waals surface area contributed by atoms with Crippen LogP contribution >= 0.6 is 11.8 Å². The zero-order valence-corrected chi connectivity index (χ0v) is 17.6. The van der Waals surface area contributed by atoms with Crippen molar-refractivity contribution in [2.45, 2.75) is 64.2 Å². The van der Waals surface area contributed by atoms with Crippen molar-refractivity contribution in [1.29, 1.82) is 0 Å². The molecule has 1 saturated carbocycles. The van der Waals surface area contributed by atoms with Crippen molar-refractivity contribution in [1.82, 2.24) is 19.7 Å². The topological polar surface area (TPSA) is 51.0 Å². The maximum Gasteiger partial charge on any atom is 0.233 e. The zero-order chi connectivity index (χ0) is 19.4. The lowest BCUT2D eigenvalue weighted by molar-refractivity contribution is -0.130. The monoisotopic (exact) mass is 386 g/mol. The van der Waals surface area contributed by atoms with Gasteiger partial charge >= 0.3 is 0 Å². The highest BCUT2D eigenvalue weighted by Gasteiger charge is 2.28. The number of aromatic nitrogens is 3. The van der Waals surface area contributed by atoms with Crippen molar-refractivity contribution < 1.29 is 4.79 Å². The molecule has 0 spiro atoms. The molecule has 1 fully saturated rings. The summed E-state index contributed by atoms with van der Waals surface area (Å²) in [6.45, 7) is 7.22. The van der Waals surface area contributed by atoms with Crippen LogP contribution in [0.1, 0.15) is 45.1 Å². The fraction of sp³-hybridized carbons (Fsp3) is 0.571. The minimum atomic E-state index is 0.182. The number of carbonyl (C=O) groups is 1. The third kappa shape index (κ3) is 4.37. The number of rotatable bonds is 6. The highest BCUT2D eigenvalue weighted by molar-refractivity contribution is 7.99. The molecule has 6 heteroatoms. The summed E-state index contributed by atoms with van der Waals surface area (Å²) in [4.78, 5) is 14.7. The van der Waals surface area contributed by atoms with Crippen LogP contribution < -0.4 is 0 Å². The van der Waals surface area contributed by atoms with E-state index in [2.05, 4.69) is 47.7 Å². The molecule has 27 heavy (non-hydrogen) atoms. The standard InChI is InChI=1S/C21H30N4OS/c1-5-25-20(17-12-8-6-10-15(17)2)22-23-21(25)27-14-19(26)24(4)18-13-9-7-11-16(18)3/h6,8,10,12,16,18H,5,7,9,11,13-14H2,1-4H3. The number of hydrogen-bond acceptors (Lipinski definition) is 4. The van der Waals surface area contributed by atoms with Crippen LogP contribution in [0.4, 0.5) is 0 Å². The summed E-state index contributed by atoms with van der Waals surface area (Å²) >= 11 is 1.49. The maximum atomic E-state index is 12.7. The van der Waals surface area contributed by atoms with E-state index < -0.39 is 0 Å². The van der Waals surface area contributed by atoms with E-state index in [1.807, 2.05) is 24.1 Å². The SMILES string of the molecule is CCn1c(SCC(=O)N(C)C2CCCCC2C)nnc1-c1ccccc1C. The maximum absolute atomic E-state index is 12.7. The highest BCUT2D eigenvalue weighted by Crippen LogP contribution is 2.29. The predicted octanol–water partition coefficient (Wildman–Crippen LogP) is 4.40. The summed E-state index contributed by atoms with van der Waals surface area (Å²) in [5.74, 6) is 2.05. The summed E-state index contributed by atoms with van der Waals surface area (Å²) in [5, 5.41) is 9.59. The molecular weight excluding hydrogens is 356 g/mol. The fourth-order valence-corrected chi connectivity index (χ4v) is 4.91. The molecule has 0 bridgehead atoms. The number of thioether (sulfide) groups is 1. The van der Waals surface area contributed by atoms with Gasteiger partial charge in [-0.25, -0.2) is 0 Å². The lowest BCUT2D eigenvalue weighted by Gasteiger charge is -2.36. The molecule has 1 heterocycles. The Morgan fingerprint density at radius 2 is 2.00 bits per heavy atom. The van der Waals surface area contributed by atoms with Crippen molar-refractivity contribution in [3.05, 3.63) is 29.8 Å². The summed E-state index contributed by atoms with van der Waals surface area (Å²) < 4.78 is 2.10. The molecular formula is C21H30N4OS. The zero-order valence-electron chi connectivity index (χ0n) is 16.8. The number of amides is 1. The number of carbonyl (C=O) groups excluding carboxylic acids is 1. The first-order chi connectivity index (χ1) is 13.0.